The predicted octanol–water partition coefficient (Wildman–Crippen LogP) is 2.60. The number of amides is 2. The van der Waals surface area contributed by atoms with Crippen LogP contribution in [0, 0.1) is 0 Å². The molecule has 2 amide bonds. The highest BCUT2D eigenvalue weighted by atomic mass is 79.9. The molecule has 8 nitrogen and oxygen atoms in total. The van der Waals surface area contributed by atoms with Gasteiger partial charge in [-0.15, -0.1) is 11.8 Å². The maximum Gasteiger partial charge on any atom is 0.327 e. The van der Waals surface area contributed by atoms with Crippen molar-refractivity contribution in [3.63, 3.8) is 0 Å². The molecular formula is C20H25BrN2O6S. The Labute approximate surface area is 187 Å². The number of nitrogens with zero attached hydrogens (tertiary/aromatic N) is 1. The summed E-state index contributed by atoms with van der Waals surface area (Å²) in [7, 11) is 0. The summed E-state index contributed by atoms with van der Waals surface area (Å²) in [4.78, 5) is 38.8. The fraction of sp³-hybridized carbons (Fsp3) is 0.550. The molecule has 3 rings (SSSR count). The number of benzene rings is 1. The Morgan fingerprint density at radius 1 is 1.30 bits per heavy atom. The number of carboxylic acids is 1. The number of halogens is 1. The van der Waals surface area contributed by atoms with Crippen molar-refractivity contribution >= 4 is 45.5 Å². The van der Waals surface area contributed by atoms with Gasteiger partial charge in [0.25, 0.3) is 17.5 Å². The maximum absolute atomic E-state index is 13.1. The highest BCUT2D eigenvalue weighted by Gasteiger charge is 2.73. The first-order chi connectivity index (χ1) is 14.1. The second-order valence-electron chi connectivity index (χ2n) is 7.76. The lowest BCUT2D eigenvalue weighted by atomic mass is 9.93. The molecule has 2 aliphatic rings. The number of hydrogen-bond acceptors (Lipinski definition) is 6. The van der Waals surface area contributed by atoms with Gasteiger partial charge >= 0.3 is 5.97 Å². The standard InChI is InChI=1S/C20H25BrN2O6S/c1-4-5-10-29-20(22-14(24)11-28-13-8-6-12(21)7-9-13)17(27)23-15(16(25)26)19(2,3)30-18(20)23/h6-9,15,18H,4-5,10-11H2,1-3H3,(H,22,24)(H,25,26)/t15-,18+,20+/m0/s1. The Morgan fingerprint density at radius 3 is 2.57 bits per heavy atom. The van der Waals surface area contributed by atoms with E-state index in [1.165, 1.54) is 16.7 Å². The van der Waals surface area contributed by atoms with E-state index in [1.54, 1.807) is 38.1 Å². The van der Waals surface area contributed by atoms with Crippen molar-refractivity contribution < 1.29 is 29.0 Å². The summed E-state index contributed by atoms with van der Waals surface area (Å²) in [6.07, 6.45) is 1.57. The number of β-lactam (4-membered cyclic amide) rings is 1. The van der Waals surface area contributed by atoms with Gasteiger partial charge in [-0.1, -0.05) is 29.3 Å². The second kappa shape index (κ2) is 8.76. The van der Waals surface area contributed by atoms with Crippen molar-refractivity contribution in [3.8, 4) is 5.75 Å². The lowest BCUT2D eigenvalue weighted by Gasteiger charge is -2.52. The Balaban J connectivity index is 1.74. The quantitative estimate of drug-likeness (QED) is 0.305. The van der Waals surface area contributed by atoms with Crippen LogP contribution < -0.4 is 10.1 Å². The third-order valence-electron chi connectivity index (χ3n) is 5.07. The number of rotatable bonds is 9. The molecule has 3 atom stereocenters. The van der Waals surface area contributed by atoms with Crippen molar-refractivity contribution in [2.24, 2.45) is 0 Å². The van der Waals surface area contributed by atoms with Gasteiger partial charge in [0.2, 0.25) is 0 Å². The van der Waals surface area contributed by atoms with Crippen molar-refractivity contribution in [3.05, 3.63) is 28.7 Å². The normalized spacial score (nSPS) is 26.7. The van der Waals surface area contributed by atoms with Crippen molar-refractivity contribution in [2.45, 2.75) is 55.5 Å². The van der Waals surface area contributed by atoms with Gasteiger partial charge in [0.15, 0.2) is 6.61 Å². The fourth-order valence-corrected chi connectivity index (χ4v) is 5.52. The van der Waals surface area contributed by atoms with Gasteiger partial charge in [0.05, 0.1) is 6.61 Å². The Bertz CT molecular complexity index is 833. The molecule has 2 N–H and O–H groups in total. The Morgan fingerprint density at radius 2 is 1.97 bits per heavy atom. The number of ether oxygens (including phenoxy) is 2. The van der Waals surface area contributed by atoms with E-state index in [9.17, 15) is 19.5 Å². The number of thioether (sulfide) groups is 1. The summed E-state index contributed by atoms with van der Waals surface area (Å²) in [6, 6.07) is 6.03. The number of carbonyl (C=O) groups excluding carboxylic acids is 2. The number of nitrogens with one attached hydrogen (secondary N) is 1. The molecule has 30 heavy (non-hydrogen) atoms. The fourth-order valence-electron chi connectivity index (χ4n) is 3.61. The molecule has 10 heteroatoms. The molecule has 2 saturated heterocycles. The molecule has 0 unspecified atom stereocenters. The molecule has 2 fully saturated rings. The van der Waals surface area contributed by atoms with Gasteiger partial charge in [-0.25, -0.2) is 4.79 Å². The summed E-state index contributed by atoms with van der Waals surface area (Å²) < 4.78 is 11.6. The summed E-state index contributed by atoms with van der Waals surface area (Å²) in [5, 5.41) is 11.7. The van der Waals surface area contributed by atoms with Crippen LogP contribution in [0.15, 0.2) is 28.7 Å². The van der Waals surface area contributed by atoms with Crippen molar-refractivity contribution in [1.82, 2.24) is 10.2 Å². The zero-order valence-corrected chi connectivity index (χ0v) is 19.4. The minimum absolute atomic E-state index is 0.277. The summed E-state index contributed by atoms with van der Waals surface area (Å²) in [6.45, 7) is 5.52. The average Bonchev–Trinajstić information content (AvgIpc) is 2.96. The van der Waals surface area contributed by atoms with Crippen LogP contribution in [0.25, 0.3) is 0 Å². The van der Waals surface area contributed by atoms with E-state index in [-0.39, 0.29) is 13.2 Å². The molecule has 0 spiro atoms. The predicted molar refractivity (Wildman–Crippen MR) is 115 cm³/mol. The lowest BCUT2D eigenvalue weighted by Crippen LogP contribution is -2.80. The minimum Gasteiger partial charge on any atom is -0.484 e. The first-order valence-corrected chi connectivity index (χ1v) is 11.4. The van der Waals surface area contributed by atoms with E-state index in [0.717, 1.165) is 10.9 Å². The zero-order valence-electron chi connectivity index (χ0n) is 17.0. The minimum atomic E-state index is -1.58. The summed E-state index contributed by atoms with van der Waals surface area (Å²) in [5.74, 6) is -1.61. The molecule has 0 bridgehead atoms. The van der Waals surface area contributed by atoms with E-state index < -0.39 is 39.7 Å². The topological polar surface area (TPSA) is 105 Å². The molecular weight excluding hydrogens is 476 g/mol. The van der Waals surface area contributed by atoms with Crippen LogP contribution in [-0.2, 0) is 19.1 Å². The van der Waals surface area contributed by atoms with Gasteiger partial charge in [0, 0.05) is 9.22 Å². The van der Waals surface area contributed by atoms with Gasteiger partial charge in [-0.3, -0.25) is 9.59 Å². The highest BCUT2D eigenvalue weighted by molar-refractivity contribution is 9.10. The van der Waals surface area contributed by atoms with Crippen molar-refractivity contribution in [1.29, 1.82) is 0 Å². The van der Waals surface area contributed by atoms with Gasteiger partial charge in [-0.05, 0) is 44.5 Å². The SMILES string of the molecule is CCCCO[C@]1(NC(=O)COc2ccc(Br)cc2)C(=O)N2[C@@H](C(=O)O)C(C)(C)S[C@@H]21. The number of aliphatic carboxylic acids is 1. The summed E-state index contributed by atoms with van der Waals surface area (Å²) >= 11 is 4.65. The molecule has 1 aromatic rings. The van der Waals surface area contributed by atoms with E-state index >= 15 is 0 Å². The largest absolute Gasteiger partial charge is 0.484 e. The number of carbonyl (C=O) groups is 3. The third kappa shape index (κ3) is 4.17. The molecule has 2 heterocycles. The Hall–Kier alpha value is -1.78. The number of fused-ring (bicyclic) bond motifs is 1. The van der Waals surface area contributed by atoms with Crippen LogP contribution in [0.3, 0.4) is 0 Å². The van der Waals surface area contributed by atoms with E-state index in [1.807, 2.05) is 6.92 Å². The molecule has 0 radical (unpaired) electrons. The van der Waals surface area contributed by atoms with Crippen LogP contribution in [0.5, 0.6) is 5.75 Å². The number of unbranched alkanes of at least 4 members (excludes halogenated alkanes) is 1. The zero-order chi connectivity index (χ0) is 22.1. The van der Waals surface area contributed by atoms with Crippen molar-refractivity contribution in [2.75, 3.05) is 13.2 Å². The van der Waals surface area contributed by atoms with Crippen LogP contribution in [0.1, 0.15) is 33.6 Å². The first-order valence-electron chi connectivity index (χ1n) is 9.69. The molecule has 0 saturated carbocycles. The van der Waals surface area contributed by atoms with Crippen LogP contribution in [0.4, 0.5) is 0 Å². The monoisotopic (exact) mass is 500 g/mol. The smallest absolute Gasteiger partial charge is 0.327 e. The molecule has 1 aromatic carbocycles. The number of hydrogen-bond donors (Lipinski definition) is 2. The van der Waals surface area contributed by atoms with E-state index in [2.05, 4.69) is 21.2 Å². The van der Waals surface area contributed by atoms with E-state index in [0.29, 0.717) is 12.2 Å². The molecule has 0 aromatic heterocycles. The second-order valence-corrected chi connectivity index (χ2v) is 10.4. The maximum atomic E-state index is 13.1. The van der Waals surface area contributed by atoms with Gasteiger partial charge in [-0.2, -0.15) is 0 Å². The lowest BCUT2D eigenvalue weighted by molar-refractivity contribution is -0.207. The molecule has 0 aliphatic carbocycles. The van der Waals surface area contributed by atoms with Crippen LogP contribution >= 0.6 is 27.7 Å². The molecule has 164 valence electrons. The van der Waals surface area contributed by atoms with Gasteiger partial charge in [0.1, 0.15) is 17.2 Å². The van der Waals surface area contributed by atoms with Crippen LogP contribution in [0.2, 0.25) is 0 Å². The first kappa shape index (κ1) is 22.9. The van der Waals surface area contributed by atoms with E-state index in [4.69, 9.17) is 9.47 Å². The van der Waals surface area contributed by atoms with Crippen LogP contribution in [-0.4, -0.2) is 62.9 Å². The third-order valence-corrected chi connectivity index (χ3v) is 7.22. The average molecular weight is 501 g/mol. The molecule has 2 aliphatic heterocycles. The Kier molecular flexibility index (Phi) is 6.69. The van der Waals surface area contributed by atoms with Gasteiger partial charge < -0.3 is 24.8 Å². The summed E-state index contributed by atoms with van der Waals surface area (Å²) in [5.41, 5.74) is -1.58. The number of carboxylic acid groups (broad SMARTS) is 1. The highest BCUT2D eigenvalue weighted by Crippen LogP contribution is 2.55.